The first kappa shape index (κ1) is 9.60. The first-order valence-corrected chi connectivity index (χ1v) is 6.34. The Morgan fingerprint density at radius 3 is 1.89 bits per heavy atom. The van der Waals surface area contributed by atoms with Crippen LogP contribution in [0.15, 0.2) is 0 Å². The highest BCUT2D eigenvalue weighted by atomic mass is 79.9. The Kier molecular flexibility index (Phi) is 3.94. The van der Waals surface area contributed by atoms with Crippen LogP contribution in [-0.2, 0) is 4.57 Å². The summed E-state index contributed by atoms with van der Waals surface area (Å²) in [5.41, 5.74) is 0. The molecule has 0 heterocycles. The molecule has 0 rings (SSSR count). The van der Waals surface area contributed by atoms with Gasteiger partial charge >= 0.3 is 6.31 Å². The minimum atomic E-state index is -3.63. The molecule has 5 heteroatoms. The fraction of sp³-hybridized carbons (Fsp3) is 1.00. The molecular weight excluding hydrogens is 208 g/mol. The summed E-state index contributed by atoms with van der Waals surface area (Å²) in [4.78, 5) is 0. The molecule has 0 spiro atoms. The van der Waals surface area contributed by atoms with Gasteiger partial charge in [-0.25, -0.2) is 4.67 Å². The molecule has 0 aromatic carbocycles. The highest BCUT2D eigenvalue weighted by Gasteiger charge is 2.22. The van der Waals surface area contributed by atoms with Crippen LogP contribution in [0.25, 0.3) is 0 Å². The molecule has 0 aliphatic rings. The zero-order chi connectivity index (χ0) is 7.49. The average Bonchev–Trinajstić information content (AvgIpc) is 1.65. The minimum absolute atomic E-state index is 0.468. The van der Waals surface area contributed by atoms with Crippen LogP contribution in [0.3, 0.4) is 0 Å². The normalized spacial score (nSPS) is 17.9. The van der Waals surface area contributed by atoms with Crippen LogP contribution in [0, 0.1) is 0 Å². The van der Waals surface area contributed by atoms with Gasteiger partial charge in [0.15, 0.2) is 0 Å². The highest BCUT2D eigenvalue weighted by Crippen LogP contribution is 2.58. The van der Waals surface area contributed by atoms with E-state index in [9.17, 15) is 8.76 Å². The van der Waals surface area contributed by atoms with E-state index in [1.807, 2.05) is 0 Å². The fourth-order valence-corrected chi connectivity index (χ4v) is 2.56. The molecule has 1 unspecified atom stereocenters. The van der Waals surface area contributed by atoms with Gasteiger partial charge in [-0.15, -0.1) is 0 Å². The van der Waals surface area contributed by atoms with Crippen molar-refractivity contribution in [2.24, 2.45) is 0 Å². The van der Waals surface area contributed by atoms with E-state index in [1.165, 1.54) is 4.67 Å². The maximum atomic E-state index is 12.5. The predicted octanol–water partition coefficient (Wildman–Crippen LogP) is 2.80. The molecule has 0 fully saturated rings. The lowest BCUT2D eigenvalue weighted by Gasteiger charge is -2.16. The number of nitrogens with zero attached hydrogens (tertiary/aromatic N) is 1. The van der Waals surface area contributed by atoms with Gasteiger partial charge in [0.25, 0.3) is 0 Å². The third-order valence-corrected chi connectivity index (χ3v) is 3.63. The zero-order valence-corrected chi connectivity index (χ0v) is 7.95. The Hall–Kier alpha value is 0.600. The van der Waals surface area contributed by atoms with Crippen LogP contribution in [0.2, 0.25) is 0 Å². The van der Waals surface area contributed by atoms with Gasteiger partial charge in [0, 0.05) is 28.6 Å². The third-order valence-electron chi connectivity index (χ3n) is 1.06. The molecule has 2 nitrogen and oxygen atoms in total. The van der Waals surface area contributed by atoms with E-state index in [-0.39, 0.29) is 0 Å². The van der Waals surface area contributed by atoms with Gasteiger partial charge < -0.3 is 0 Å². The van der Waals surface area contributed by atoms with Crippen molar-refractivity contribution in [2.75, 3.05) is 13.1 Å². The van der Waals surface area contributed by atoms with E-state index < -0.39 is 6.31 Å². The Balaban J connectivity index is 3.96. The van der Waals surface area contributed by atoms with Gasteiger partial charge in [0.05, 0.1) is 0 Å². The van der Waals surface area contributed by atoms with Gasteiger partial charge in [-0.3, -0.25) is 4.57 Å². The predicted molar refractivity (Wildman–Crippen MR) is 40.6 cm³/mol. The molecular formula is C4H10BrFNOP. The topological polar surface area (TPSA) is 20.3 Å². The van der Waals surface area contributed by atoms with Crippen LogP contribution >= 0.6 is 21.8 Å². The van der Waals surface area contributed by atoms with Crippen molar-refractivity contribution in [1.82, 2.24) is 4.67 Å². The van der Waals surface area contributed by atoms with E-state index in [4.69, 9.17) is 0 Å². The molecule has 0 amide bonds. The van der Waals surface area contributed by atoms with Crippen molar-refractivity contribution in [3.05, 3.63) is 0 Å². The van der Waals surface area contributed by atoms with Crippen molar-refractivity contribution in [2.45, 2.75) is 13.8 Å². The summed E-state index contributed by atoms with van der Waals surface area (Å²) in [7, 11) is 0. The first-order valence-electron chi connectivity index (χ1n) is 2.77. The molecule has 0 saturated carbocycles. The Bertz CT molecular complexity index is 122. The Morgan fingerprint density at radius 1 is 1.56 bits per heavy atom. The summed E-state index contributed by atoms with van der Waals surface area (Å²) in [6, 6.07) is 0. The Labute approximate surface area is 62.7 Å². The van der Waals surface area contributed by atoms with Crippen LogP contribution in [-0.4, -0.2) is 17.8 Å². The van der Waals surface area contributed by atoms with Gasteiger partial charge in [0.1, 0.15) is 0 Å². The monoisotopic (exact) mass is 217 g/mol. The Morgan fingerprint density at radius 2 is 1.89 bits per heavy atom. The smallest absolute Gasteiger partial charge is 0.257 e. The number of rotatable bonds is 3. The fourth-order valence-electron chi connectivity index (χ4n) is 0.553. The van der Waals surface area contributed by atoms with Crippen LogP contribution in [0.4, 0.5) is 4.20 Å². The number of hydrogen-bond donors (Lipinski definition) is 0. The van der Waals surface area contributed by atoms with Crippen molar-refractivity contribution in [3.8, 4) is 0 Å². The molecule has 56 valence electrons. The van der Waals surface area contributed by atoms with Gasteiger partial charge in [0.2, 0.25) is 0 Å². The standard InChI is InChI=1S/C4H10BrFNOP/c1-3-7(4-2)9(5,6)8/h3-4H2,1-2H3. The number of halogens is 2. The molecule has 9 heavy (non-hydrogen) atoms. The molecule has 0 radical (unpaired) electrons. The lowest BCUT2D eigenvalue weighted by atomic mass is 10.7. The van der Waals surface area contributed by atoms with Crippen molar-refractivity contribution >= 4 is 21.8 Å². The highest BCUT2D eigenvalue weighted by molar-refractivity contribution is 9.39. The average molecular weight is 218 g/mol. The summed E-state index contributed by atoms with van der Waals surface area (Å²) in [6.45, 7) is 4.46. The second kappa shape index (κ2) is 3.69. The lowest BCUT2D eigenvalue weighted by molar-refractivity contribution is 0.426. The second-order valence-corrected chi connectivity index (χ2v) is 5.63. The van der Waals surface area contributed by atoms with E-state index in [1.54, 1.807) is 13.8 Å². The van der Waals surface area contributed by atoms with Crippen LogP contribution < -0.4 is 0 Å². The summed E-state index contributed by atoms with van der Waals surface area (Å²) in [6.07, 6.45) is -3.63. The summed E-state index contributed by atoms with van der Waals surface area (Å²) in [5, 5.41) is 0. The summed E-state index contributed by atoms with van der Waals surface area (Å²) < 4.78 is 24.2. The zero-order valence-electron chi connectivity index (χ0n) is 5.47. The molecule has 0 bridgehead atoms. The largest absolute Gasteiger partial charge is 0.372 e. The van der Waals surface area contributed by atoms with E-state index in [2.05, 4.69) is 15.5 Å². The first-order chi connectivity index (χ1) is 4.02. The summed E-state index contributed by atoms with van der Waals surface area (Å²) >= 11 is 2.48. The number of hydrogen-bond acceptors (Lipinski definition) is 1. The SMILES string of the molecule is CCN(CC)P(=O)(F)Br. The maximum absolute atomic E-state index is 12.5. The van der Waals surface area contributed by atoms with E-state index in [0.29, 0.717) is 13.1 Å². The van der Waals surface area contributed by atoms with E-state index >= 15 is 0 Å². The van der Waals surface area contributed by atoms with Gasteiger partial charge in [-0.05, 0) is 0 Å². The maximum Gasteiger partial charge on any atom is 0.372 e. The molecule has 0 saturated heterocycles. The molecule has 0 aromatic rings. The minimum Gasteiger partial charge on any atom is -0.257 e. The lowest BCUT2D eigenvalue weighted by Crippen LogP contribution is -2.14. The molecule has 0 aliphatic carbocycles. The molecule has 1 atom stereocenters. The van der Waals surface area contributed by atoms with Crippen molar-refractivity contribution in [3.63, 3.8) is 0 Å². The van der Waals surface area contributed by atoms with Crippen molar-refractivity contribution in [1.29, 1.82) is 0 Å². The molecule has 0 aromatic heterocycles. The molecule has 0 aliphatic heterocycles. The molecule has 0 N–H and O–H groups in total. The van der Waals surface area contributed by atoms with E-state index in [0.717, 1.165) is 0 Å². The van der Waals surface area contributed by atoms with Crippen LogP contribution in [0.5, 0.6) is 0 Å². The van der Waals surface area contributed by atoms with Gasteiger partial charge in [-0.1, -0.05) is 13.8 Å². The third kappa shape index (κ3) is 3.33. The summed E-state index contributed by atoms with van der Waals surface area (Å²) in [5.74, 6) is 0. The van der Waals surface area contributed by atoms with Crippen molar-refractivity contribution < 1.29 is 8.76 Å². The van der Waals surface area contributed by atoms with Crippen LogP contribution in [0.1, 0.15) is 13.8 Å². The quantitative estimate of drug-likeness (QED) is 0.678. The van der Waals surface area contributed by atoms with Gasteiger partial charge in [-0.2, -0.15) is 4.20 Å². The second-order valence-electron chi connectivity index (χ2n) is 1.57.